The topological polar surface area (TPSA) is 95.9 Å². The van der Waals surface area contributed by atoms with E-state index >= 15 is 0 Å². The molecule has 1 aliphatic rings. The third kappa shape index (κ3) is 4.63. The van der Waals surface area contributed by atoms with Gasteiger partial charge in [-0.1, -0.05) is 35.9 Å². The fraction of sp³-hybridized carbons (Fsp3) is 0.105. The number of carbonyl (C=O) groups excluding carboxylic acids is 2. The lowest BCUT2D eigenvalue weighted by Crippen LogP contribution is -2.35. The second-order valence-electron chi connectivity index (χ2n) is 5.84. The number of halogens is 2. The molecule has 1 aliphatic heterocycles. The van der Waals surface area contributed by atoms with Crippen molar-refractivity contribution in [1.82, 2.24) is 10.2 Å². The van der Waals surface area contributed by atoms with Crippen LogP contribution in [0.5, 0.6) is 5.75 Å². The molecule has 1 heterocycles. The number of nitrogens with zero attached hydrogens (tertiary/aromatic N) is 1. The lowest BCUT2D eigenvalue weighted by Gasteiger charge is -2.10. The van der Waals surface area contributed by atoms with E-state index in [0.717, 1.165) is 9.13 Å². The number of hydrogen-bond acceptors (Lipinski definition) is 4. The standard InChI is InChI=1S/C19H14ClIN2O5/c20-13-4-2-1-3-12(13)10-28-16-6-5-11(7-14(16)21)8-15-18(26)23(9-17(24)25)19(27)22-15/h1-8H,9-10H2,(H,22,27)(H,24,25)/b15-8+. The Kier molecular flexibility index (Phi) is 6.20. The van der Waals surface area contributed by atoms with E-state index in [9.17, 15) is 14.4 Å². The van der Waals surface area contributed by atoms with Crippen LogP contribution in [0, 0.1) is 3.57 Å². The molecule has 0 spiro atoms. The fourth-order valence-corrected chi connectivity index (χ4v) is 3.40. The molecule has 0 aliphatic carbocycles. The highest BCUT2D eigenvalue weighted by Crippen LogP contribution is 2.26. The summed E-state index contributed by atoms with van der Waals surface area (Å²) in [5, 5.41) is 11.8. The zero-order chi connectivity index (χ0) is 20.3. The zero-order valence-corrected chi connectivity index (χ0v) is 17.2. The molecule has 0 bridgehead atoms. The van der Waals surface area contributed by atoms with Crippen LogP contribution >= 0.6 is 34.2 Å². The average Bonchev–Trinajstić information content (AvgIpc) is 2.89. The van der Waals surface area contributed by atoms with Crippen molar-refractivity contribution < 1.29 is 24.2 Å². The number of amides is 3. The van der Waals surface area contributed by atoms with E-state index < -0.39 is 24.5 Å². The van der Waals surface area contributed by atoms with Crippen LogP contribution in [0.3, 0.4) is 0 Å². The largest absolute Gasteiger partial charge is 0.488 e. The van der Waals surface area contributed by atoms with Gasteiger partial charge in [-0.2, -0.15) is 0 Å². The van der Waals surface area contributed by atoms with Gasteiger partial charge in [0.25, 0.3) is 5.91 Å². The van der Waals surface area contributed by atoms with E-state index in [1.54, 1.807) is 24.3 Å². The summed E-state index contributed by atoms with van der Waals surface area (Å²) in [5.74, 6) is -1.29. The predicted octanol–water partition coefficient (Wildman–Crippen LogP) is 3.50. The Morgan fingerprint density at radius 1 is 1.25 bits per heavy atom. The fourth-order valence-electron chi connectivity index (χ4n) is 2.51. The van der Waals surface area contributed by atoms with Crippen LogP contribution in [0.1, 0.15) is 11.1 Å². The number of benzene rings is 2. The van der Waals surface area contributed by atoms with Gasteiger partial charge in [0.15, 0.2) is 0 Å². The summed E-state index contributed by atoms with van der Waals surface area (Å²) >= 11 is 8.23. The molecule has 1 saturated heterocycles. The molecule has 1 fully saturated rings. The van der Waals surface area contributed by atoms with Crippen LogP contribution in [0.4, 0.5) is 4.79 Å². The van der Waals surface area contributed by atoms with Crippen molar-refractivity contribution in [3.8, 4) is 5.75 Å². The van der Waals surface area contributed by atoms with Crippen molar-refractivity contribution in [2.75, 3.05) is 6.54 Å². The molecule has 2 aromatic rings. The van der Waals surface area contributed by atoms with Crippen LogP contribution in [0.25, 0.3) is 6.08 Å². The van der Waals surface area contributed by atoms with Gasteiger partial charge in [-0.05, 0) is 52.4 Å². The van der Waals surface area contributed by atoms with Crippen molar-refractivity contribution >= 4 is 58.2 Å². The predicted molar refractivity (Wildman–Crippen MR) is 111 cm³/mol. The molecular formula is C19H14ClIN2O5. The molecule has 2 aromatic carbocycles. The molecule has 2 N–H and O–H groups in total. The minimum atomic E-state index is -1.26. The van der Waals surface area contributed by atoms with Gasteiger partial charge in [-0.25, -0.2) is 9.69 Å². The first-order valence-electron chi connectivity index (χ1n) is 8.07. The number of ether oxygens (including phenoxy) is 1. The molecular weight excluding hydrogens is 499 g/mol. The van der Waals surface area contributed by atoms with Gasteiger partial charge in [0.2, 0.25) is 0 Å². The number of rotatable bonds is 6. The van der Waals surface area contributed by atoms with Gasteiger partial charge in [-0.3, -0.25) is 9.59 Å². The van der Waals surface area contributed by atoms with Crippen molar-refractivity contribution in [1.29, 1.82) is 0 Å². The number of aliphatic carboxylic acids is 1. The summed E-state index contributed by atoms with van der Waals surface area (Å²) in [7, 11) is 0. The number of urea groups is 1. The zero-order valence-electron chi connectivity index (χ0n) is 14.3. The van der Waals surface area contributed by atoms with Crippen LogP contribution in [-0.2, 0) is 16.2 Å². The maximum absolute atomic E-state index is 12.2. The Morgan fingerprint density at radius 2 is 2.00 bits per heavy atom. The minimum absolute atomic E-state index is 0.0202. The van der Waals surface area contributed by atoms with Crippen molar-refractivity contribution in [3.05, 3.63) is 67.9 Å². The van der Waals surface area contributed by atoms with E-state index in [-0.39, 0.29) is 5.70 Å². The van der Waals surface area contributed by atoms with Crippen molar-refractivity contribution in [2.24, 2.45) is 0 Å². The Balaban J connectivity index is 1.73. The highest BCUT2D eigenvalue weighted by atomic mass is 127. The summed E-state index contributed by atoms with van der Waals surface area (Å²) in [5.41, 5.74) is 1.55. The van der Waals surface area contributed by atoms with E-state index in [1.807, 2.05) is 18.2 Å². The summed E-state index contributed by atoms with van der Waals surface area (Å²) in [6.45, 7) is -0.372. The highest BCUT2D eigenvalue weighted by Gasteiger charge is 2.34. The lowest BCUT2D eigenvalue weighted by atomic mass is 10.2. The molecule has 0 atom stereocenters. The third-order valence-corrected chi connectivity index (χ3v) is 5.08. The molecule has 28 heavy (non-hydrogen) atoms. The molecule has 9 heteroatoms. The normalized spacial score (nSPS) is 15.1. The van der Waals surface area contributed by atoms with Crippen LogP contribution < -0.4 is 10.1 Å². The van der Waals surface area contributed by atoms with Crippen LogP contribution in [0.2, 0.25) is 5.02 Å². The van der Waals surface area contributed by atoms with Gasteiger partial charge < -0.3 is 15.2 Å². The summed E-state index contributed by atoms with van der Waals surface area (Å²) < 4.78 is 6.61. The van der Waals surface area contributed by atoms with Gasteiger partial charge in [0.05, 0.1) is 3.57 Å². The molecule has 7 nitrogen and oxygen atoms in total. The van der Waals surface area contributed by atoms with Gasteiger partial charge in [-0.15, -0.1) is 0 Å². The third-order valence-electron chi connectivity index (χ3n) is 3.86. The number of carbonyl (C=O) groups is 3. The molecule has 3 rings (SSSR count). The van der Waals surface area contributed by atoms with Crippen molar-refractivity contribution in [2.45, 2.75) is 6.61 Å². The smallest absolute Gasteiger partial charge is 0.329 e. The molecule has 0 aromatic heterocycles. The number of carboxylic acids is 1. The van der Waals surface area contributed by atoms with Gasteiger partial charge in [0, 0.05) is 10.6 Å². The first-order chi connectivity index (χ1) is 13.3. The van der Waals surface area contributed by atoms with Gasteiger partial charge >= 0.3 is 12.0 Å². The monoisotopic (exact) mass is 512 g/mol. The van der Waals surface area contributed by atoms with Crippen LogP contribution in [-0.4, -0.2) is 34.5 Å². The SMILES string of the molecule is O=C(O)CN1C(=O)N/C(=C/c2ccc(OCc3ccccc3Cl)c(I)c2)C1=O. The second kappa shape index (κ2) is 8.61. The highest BCUT2D eigenvalue weighted by molar-refractivity contribution is 14.1. The summed E-state index contributed by atoms with van der Waals surface area (Å²) in [6, 6.07) is 11.9. The summed E-state index contributed by atoms with van der Waals surface area (Å²) in [4.78, 5) is 35.3. The number of imide groups is 1. The Hall–Kier alpha value is -2.59. The lowest BCUT2D eigenvalue weighted by molar-refractivity contribution is -0.140. The molecule has 0 saturated carbocycles. The second-order valence-corrected chi connectivity index (χ2v) is 7.41. The van der Waals surface area contributed by atoms with Crippen LogP contribution in [0.15, 0.2) is 48.2 Å². The van der Waals surface area contributed by atoms with E-state index in [2.05, 4.69) is 27.9 Å². The molecule has 3 amide bonds. The number of hydrogen-bond donors (Lipinski definition) is 2. The van der Waals surface area contributed by atoms with E-state index in [0.29, 0.717) is 27.8 Å². The summed E-state index contributed by atoms with van der Waals surface area (Å²) in [6.07, 6.45) is 1.49. The van der Waals surface area contributed by atoms with Crippen molar-refractivity contribution in [3.63, 3.8) is 0 Å². The quantitative estimate of drug-likeness (QED) is 0.351. The first-order valence-corrected chi connectivity index (χ1v) is 9.53. The minimum Gasteiger partial charge on any atom is -0.488 e. The first kappa shape index (κ1) is 20.2. The maximum atomic E-state index is 12.2. The number of carboxylic acid groups (broad SMARTS) is 1. The molecule has 144 valence electrons. The Labute approximate surface area is 179 Å². The molecule has 0 unspecified atom stereocenters. The Bertz CT molecular complexity index is 992. The number of nitrogens with one attached hydrogen (secondary N) is 1. The average molecular weight is 513 g/mol. The van der Waals surface area contributed by atoms with E-state index in [4.69, 9.17) is 21.4 Å². The molecule has 0 radical (unpaired) electrons. The van der Waals surface area contributed by atoms with Gasteiger partial charge in [0.1, 0.15) is 24.6 Å². The Morgan fingerprint density at radius 3 is 2.68 bits per heavy atom. The maximum Gasteiger partial charge on any atom is 0.329 e. The van der Waals surface area contributed by atoms with E-state index in [1.165, 1.54) is 6.08 Å².